The van der Waals surface area contributed by atoms with Gasteiger partial charge in [0.15, 0.2) is 5.78 Å². The summed E-state index contributed by atoms with van der Waals surface area (Å²) in [6, 6.07) is 15.5. The molecule has 29 heavy (non-hydrogen) atoms. The largest absolute Gasteiger partial charge is 0.489 e. The molecule has 4 rings (SSSR count). The van der Waals surface area contributed by atoms with Crippen molar-refractivity contribution in [1.29, 1.82) is 5.26 Å². The Labute approximate surface area is 167 Å². The molecule has 1 aliphatic carbocycles. The third-order valence-electron chi connectivity index (χ3n) is 5.12. The summed E-state index contributed by atoms with van der Waals surface area (Å²) in [4.78, 5) is 12.7. The Hall–Kier alpha value is -3.59. The third-order valence-corrected chi connectivity index (χ3v) is 5.12. The van der Waals surface area contributed by atoms with E-state index in [0.717, 1.165) is 0 Å². The maximum absolute atomic E-state index is 13.5. The fourth-order valence-corrected chi connectivity index (χ4v) is 3.81. The normalized spacial score (nSPS) is 18.8. The zero-order chi connectivity index (χ0) is 20.4. The van der Waals surface area contributed by atoms with E-state index in [4.69, 9.17) is 15.2 Å². The highest BCUT2D eigenvalue weighted by Gasteiger charge is 2.39. The van der Waals surface area contributed by atoms with Crippen LogP contribution in [0, 0.1) is 17.1 Å². The Morgan fingerprint density at radius 2 is 2.03 bits per heavy atom. The van der Waals surface area contributed by atoms with Crippen LogP contribution in [0.2, 0.25) is 0 Å². The second-order valence-corrected chi connectivity index (χ2v) is 6.99. The van der Waals surface area contributed by atoms with Crippen LogP contribution in [0.1, 0.15) is 36.3 Å². The molecule has 5 nitrogen and oxygen atoms in total. The van der Waals surface area contributed by atoms with Crippen molar-refractivity contribution in [3.63, 3.8) is 0 Å². The van der Waals surface area contributed by atoms with Crippen LogP contribution >= 0.6 is 0 Å². The van der Waals surface area contributed by atoms with Gasteiger partial charge in [0.2, 0.25) is 5.88 Å². The number of carbonyl (C=O) groups is 1. The van der Waals surface area contributed by atoms with Crippen LogP contribution in [0.5, 0.6) is 5.75 Å². The number of carbonyl (C=O) groups excluding carboxylic acids is 1. The fourth-order valence-electron chi connectivity index (χ4n) is 3.81. The van der Waals surface area contributed by atoms with Crippen LogP contribution in [0.15, 0.2) is 71.3 Å². The quantitative estimate of drug-likeness (QED) is 0.845. The molecule has 2 aliphatic rings. The lowest BCUT2D eigenvalue weighted by Crippen LogP contribution is -2.27. The molecule has 1 heterocycles. The maximum atomic E-state index is 13.5. The molecule has 0 amide bonds. The molecule has 0 saturated carbocycles. The maximum Gasteiger partial charge on any atom is 0.205 e. The van der Waals surface area contributed by atoms with E-state index in [-0.39, 0.29) is 29.7 Å². The minimum atomic E-state index is -0.639. The number of ketones is 1. The topological polar surface area (TPSA) is 85.3 Å². The molecule has 1 atom stereocenters. The van der Waals surface area contributed by atoms with E-state index in [1.165, 1.54) is 12.1 Å². The summed E-state index contributed by atoms with van der Waals surface area (Å²) >= 11 is 0. The first-order valence-electron chi connectivity index (χ1n) is 9.38. The molecule has 2 aromatic rings. The molecule has 2 N–H and O–H groups in total. The monoisotopic (exact) mass is 390 g/mol. The fraction of sp³-hybridized carbons (Fsp3) is 0.217. The Bertz CT molecular complexity index is 1080. The Morgan fingerprint density at radius 3 is 2.83 bits per heavy atom. The highest BCUT2D eigenvalue weighted by atomic mass is 19.1. The number of allylic oxidation sites excluding steroid dienone is 3. The van der Waals surface area contributed by atoms with Crippen LogP contribution in [0.25, 0.3) is 0 Å². The Kier molecular flexibility index (Phi) is 5.05. The van der Waals surface area contributed by atoms with Gasteiger partial charge in [0.05, 0.1) is 5.92 Å². The van der Waals surface area contributed by atoms with Gasteiger partial charge in [0.25, 0.3) is 0 Å². The van der Waals surface area contributed by atoms with Crippen LogP contribution in [-0.4, -0.2) is 5.78 Å². The number of Topliss-reactive ketones (excluding diaryl/α,β-unsaturated/α-hetero) is 1. The number of hydrogen-bond donors (Lipinski definition) is 1. The molecule has 1 aliphatic heterocycles. The molecule has 0 spiro atoms. The third kappa shape index (κ3) is 3.59. The van der Waals surface area contributed by atoms with Gasteiger partial charge in [-0.1, -0.05) is 30.3 Å². The number of benzene rings is 2. The van der Waals surface area contributed by atoms with Crippen molar-refractivity contribution in [3.05, 3.63) is 88.3 Å². The number of para-hydroxylation sites is 1. The number of nitrogens with two attached hydrogens (primary N) is 1. The van der Waals surface area contributed by atoms with Gasteiger partial charge in [0, 0.05) is 24.0 Å². The lowest BCUT2D eigenvalue weighted by atomic mass is 9.77. The highest BCUT2D eigenvalue weighted by molar-refractivity contribution is 5.99. The molecular weight excluding hydrogens is 371 g/mol. The Morgan fingerprint density at radius 1 is 1.21 bits per heavy atom. The van der Waals surface area contributed by atoms with E-state index in [1.807, 2.05) is 12.1 Å². The zero-order valence-electron chi connectivity index (χ0n) is 15.7. The minimum Gasteiger partial charge on any atom is -0.489 e. The molecule has 0 aromatic heterocycles. The highest BCUT2D eigenvalue weighted by Crippen LogP contribution is 2.45. The standard InChI is InChI=1S/C23H19FN2O3/c24-15-6-3-5-14(11-15)13-28-19-9-2-1-7-16(19)21-17(12-25)23(26)29-20-10-4-8-18(27)22(20)21/h1-3,5-7,9,11,21H,4,8,10,13,26H2/t21-/m1/s1. The van der Waals surface area contributed by atoms with Gasteiger partial charge in [-0.3, -0.25) is 4.79 Å². The van der Waals surface area contributed by atoms with Gasteiger partial charge < -0.3 is 15.2 Å². The van der Waals surface area contributed by atoms with E-state index >= 15 is 0 Å². The van der Waals surface area contributed by atoms with Gasteiger partial charge in [-0.25, -0.2) is 4.39 Å². The van der Waals surface area contributed by atoms with Crippen LogP contribution in [0.3, 0.4) is 0 Å². The van der Waals surface area contributed by atoms with E-state index in [9.17, 15) is 14.4 Å². The van der Waals surface area contributed by atoms with Crippen LogP contribution < -0.4 is 10.5 Å². The molecule has 0 bridgehead atoms. The Balaban J connectivity index is 1.74. The van der Waals surface area contributed by atoms with Crippen molar-refractivity contribution in [3.8, 4) is 11.8 Å². The lowest BCUT2D eigenvalue weighted by Gasteiger charge is -2.31. The predicted molar refractivity (Wildman–Crippen MR) is 104 cm³/mol. The van der Waals surface area contributed by atoms with Crippen molar-refractivity contribution in [2.24, 2.45) is 5.73 Å². The van der Waals surface area contributed by atoms with Crippen molar-refractivity contribution in [2.75, 3.05) is 0 Å². The average Bonchev–Trinajstić information content (AvgIpc) is 2.72. The summed E-state index contributed by atoms with van der Waals surface area (Å²) in [6.45, 7) is 0.152. The first-order valence-corrected chi connectivity index (χ1v) is 9.38. The first-order chi connectivity index (χ1) is 14.1. The molecule has 0 saturated heterocycles. The summed E-state index contributed by atoms with van der Waals surface area (Å²) in [7, 11) is 0. The summed E-state index contributed by atoms with van der Waals surface area (Å²) in [5.41, 5.74) is 8.02. The van der Waals surface area contributed by atoms with Crippen molar-refractivity contribution in [2.45, 2.75) is 31.8 Å². The number of nitrogens with zero attached hydrogens (tertiary/aromatic N) is 1. The summed E-state index contributed by atoms with van der Waals surface area (Å²) in [5, 5.41) is 9.71. The molecule has 6 heteroatoms. The number of rotatable bonds is 4. The molecule has 0 unspecified atom stereocenters. The smallest absolute Gasteiger partial charge is 0.205 e. The zero-order valence-corrected chi connectivity index (χ0v) is 15.7. The second kappa shape index (κ2) is 7.80. The van der Waals surface area contributed by atoms with Crippen LogP contribution in [-0.2, 0) is 16.1 Å². The number of halogens is 1. The van der Waals surface area contributed by atoms with E-state index in [0.29, 0.717) is 47.5 Å². The first kappa shape index (κ1) is 18.8. The number of hydrogen-bond acceptors (Lipinski definition) is 5. The van der Waals surface area contributed by atoms with E-state index in [2.05, 4.69) is 6.07 Å². The predicted octanol–water partition coefficient (Wildman–Crippen LogP) is 4.22. The summed E-state index contributed by atoms with van der Waals surface area (Å²) < 4.78 is 25.0. The molecular formula is C23H19FN2O3. The lowest BCUT2D eigenvalue weighted by molar-refractivity contribution is -0.116. The van der Waals surface area contributed by atoms with Crippen LogP contribution in [0.4, 0.5) is 4.39 Å². The van der Waals surface area contributed by atoms with Gasteiger partial charge in [-0.05, 0) is 30.2 Å². The van der Waals surface area contributed by atoms with Crippen molar-refractivity contribution < 1.29 is 18.7 Å². The molecule has 0 fully saturated rings. The van der Waals surface area contributed by atoms with E-state index in [1.54, 1.807) is 24.3 Å². The number of ether oxygens (including phenoxy) is 2. The van der Waals surface area contributed by atoms with Crippen molar-refractivity contribution >= 4 is 5.78 Å². The summed E-state index contributed by atoms with van der Waals surface area (Å²) in [6.07, 6.45) is 1.70. The molecule has 0 radical (unpaired) electrons. The van der Waals surface area contributed by atoms with Crippen molar-refractivity contribution in [1.82, 2.24) is 0 Å². The molecule has 2 aromatic carbocycles. The van der Waals surface area contributed by atoms with Gasteiger partial charge >= 0.3 is 0 Å². The van der Waals surface area contributed by atoms with Gasteiger partial charge in [0.1, 0.15) is 35.6 Å². The van der Waals surface area contributed by atoms with Gasteiger partial charge in [-0.15, -0.1) is 0 Å². The average molecular weight is 390 g/mol. The molecule has 146 valence electrons. The van der Waals surface area contributed by atoms with Gasteiger partial charge in [-0.2, -0.15) is 5.26 Å². The number of nitriles is 1. The second-order valence-electron chi connectivity index (χ2n) is 6.99. The van der Waals surface area contributed by atoms with E-state index < -0.39 is 5.92 Å². The SMILES string of the molecule is N#CC1=C(N)OC2=C(C(=O)CCC2)[C@@H]1c1ccccc1OCc1cccc(F)c1. The summed E-state index contributed by atoms with van der Waals surface area (Å²) in [5.74, 6) is 0.0357. The minimum absolute atomic E-state index is 0.0193.